The summed E-state index contributed by atoms with van der Waals surface area (Å²) in [5.74, 6) is -1.42. The third-order valence-corrected chi connectivity index (χ3v) is 2.28. The molecule has 0 aliphatic carbocycles. The molecule has 0 aliphatic heterocycles. The van der Waals surface area contributed by atoms with Crippen LogP contribution in [0.4, 0.5) is 0 Å². The molecule has 0 amide bonds. The van der Waals surface area contributed by atoms with E-state index in [-0.39, 0.29) is 22.4 Å². The van der Waals surface area contributed by atoms with E-state index in [0.29, 0.717) is 6.29 Å². The highest BCUT2D eigenvalue weighted by molar-refractivity contribution is 6.06. The van der Waals surface area contributed by atoms with Crippen LogP contribution in [0, 0.1) is 0 Å². The van der Waals surface area contributed by atoms with E-state index in [1.54, 1.807) is 0 Å². The lowest BCUT2D eigenvalue weighted by Crippen LogP contribution is -2.14. The van der Waals surface area contributed by atoms with Gasteiger partial charge in [0, 0.05) is 5.56 Å². The van der Waals surface area contributed by atoms with Crippen LogP contribution in [0.5, 0.6) is 5.75 Å². The van der Waals surface area contributed by atoms with Crippen LogP contribution in [0.25, 0.3) is 0 Å². The number of methoxy groups -OCH3 is 3. The first-order valence-corrected chi connectivity index (χ1v) is 4.92. The summed E-state index contributed by atoms with van der Waals surface area (Å²) in [6, 6.07) is 2.58. The van der Waals surface area contributed by atoms with E-state index >= 15 is 0 Å². The Balaban J connectivity index is 3.56. The summed E-state index contributed by atoms with van der Waals surface area (Å²) in [6.45, 7) is 0. The van der Waals surface area contributed by atoms with Crippen molar-refractivity contribution < 1.29 is 28.6 Å². The van der Waals surface area contributed by atoms with Crippen LogP contribution in [0.15, 0.2) is 12.1 Å². The number of hydrogen-bond donors (Lipinski definition) is 0. The van der Waals surface area contributed by atoms with Crippen molar-refractivity contribution in [1.82, 2.24) is 0 Å². The largest absolute Gasteiger partial charge is 0.496 e. The van der Waals surface area contributed by atoms with Crippen LogP contribution < -0.4 is 4.74 Å². The molecule has 18 heavy (non-hydrogen) atoms. The molecule has 0 saturated carbocycles. The Morgan fingerprint density at radius 3 is 2.11 bits per heavy atom. The van der Waals surface area contributed by atoms with Crippen molar-refractivity contribution in [3.63, 3.8) is 0 Å². The predicted octanol–water partition coefficient (Wildman–Crippen LogP) is 1.08. The molecule has 0 bridgehead atoms. The van der Waals surface area contributed by atoms with Gasteiger partial charge in [-0.3, -0.25) is 4.79 Å². The van der Waals surface area contributed by atoms with Gasteiger partial charge in [-0.15, -0.1) is 0 Å². The second-order valence-electron chi connectivity index (χ2n) is 3.25. The first-order valence-electron chi connectivity index (χ1n) is 4.92. The molecule has 1 aromatic rings. The van der Waals surface area contributed by atoms with Crippen LogP contribution in [0.2, 0.25) is 0 Å². The molecule has 0 saturated heterocycles. The summed E-state index contributed by atoms with van der Waals surface area (Å²) >= 11 is 0. The van der Waals surface area contributed by atoms with Crippen molar-refractivity contribution in [2.75, 3.05) is 21.3 Å². The summed E-state index contributed by atoms with van der Waals surface area (Å²) in [5.41, 5.74) is 0.0446. The smallest absolute Gasteiger partial charge is 0.342 e. The highest BCUT2D eigenvalue weighted by atomic mass is 16.5. The predicted molar refractivity (Wildman–Crippen MR) is 61.1 cm³/mol. The topological polar surface area (TPSA) is 78.9 Å². The average Bonchev–Trinajstić information content (AvgIpc) is 2.43. The number of rotatable bonds is 4. The Morgan fingerprint density at radius 2 is 1.67 bits per heavy atom. The molecule has 0 aliphatic rings. The number of carbonyl (C=O) groups excluding carboxylic acids is 3. The standard InChI is InChI=1S/C12H12O6/c1-16-9-5-7(6-13)4-8(11(14)17-2)10(9)12(15)18-3/h4-6H,1-3H3. The zero-order valence-corrected chi connectivity index (χ0v) is 10.2. The van der Waals surface area contributed by atoms with E-state index < -0.39 is 11.9 Å². The fraction of sp³-hybridized carbons (Fsp3) is 0.250. The van der Waals surface area contributed by atoms with E-state index in [9.17, 15) is 14.4 Å². The first-order chi connectivity index (χ1) is 8.58. The maximum Gasteiger partial charge on any atom is 0.342 e. The van der Waals surface area contributed by atoms with Gasteiger partial charge in [0.15, 0.2) is 0 Å². The molecule has 0 aromatic heterocycles. The monoisotopic (exact) mass is 252 g/mol. The van der Waals surface area contributed by atoms with Gasteiger partial charge >= 0.3 is 11.9 Å². The van der Waals surface area contributed by atoms with Crippen LogP contribution in [-0.2, 0) is 9.47 Å². The molecule has 1 rings (SSSR count). The Labute approximate surface area is 103 Å². The van der Waals surface area contributed by atoms with E-state index in [4.69, 9.17) is 4.74 Å². The molecular weight excluding hydrogens is 240 g/mol. The van der Waals surface area contributed by atoms with Gasteiger partial charge < -0.3 is 14.2 Å². The minimum atomic E-state index is -0.752. The maximum atomic E-state index is 11.6. The molecule has 0 spiro atoms. The first kappa shape index (κ1) is 13.7. The third kappa shape index (κ3) is 2.48. The lowest BCUT2D eigenvalue weighted by Gasteiger charge is -2.11. The molecule has 0 atom stereocenters. The van der Waals surface area contributed by atoms with Gasteiger partial charge in [0.1, 0.15) is 17.6 Å². The fourth-order valence-electron chi connectivity index (χ4n) is 1.45. The highest BCUT2D eigenvalue weighted by Gasteiger charge is 2.24. The zero-order valence-electron chi connectivity index (χ0n) is 10.2. The molecule has 0 fully saturated rings. The maximum absolute atomic E-state index is 11.6. The van der Waals surface area contributed by atoms with E-state index in [1.165, 1.54) is 33.5 Å². The summed E-state index contributed by atoms with van der Waals surface area (Å²) in [4.78, 5) is 34.0. The molecule has 96 valence electrons. The van der Waals surface area contributed by atoms with Gasteiger partial charge in [-0.2, -0.15) is 0 Å². The lowest BCUT2D eigenvalue weighted by molar-refractivity contribution is 0.0552. The molecule has 6 nitrogen and oxygen atoms in total. The summed E-state index contributed by atoms with van der Waals surface area (Å²) < 4.78 is 14.1. The second-order valence-corrected chi connectivity index (χ2v) is 3.25. The molecule has 1 aromatic carbocycles. The fourth-order valence-corrected chi connectivity index (χ4v) is 1.45. The summed E-state index contributed by atoms with van der Waals surface area (Å²) in [5, 5.41) is 0. The minimum Gasteiger partial charge on any atom is -0.496 e. The zero-order chi connectivity index (χ0) is 13.7. The number of carbonyl (C=O) groups is 3. The van der Waals surface area contributed by atoms with E-state index in [1.807, 2.05) is 0 Å². The number of esters is 2. The number of aldehydes is 1. The van der Waals surface area contributed by atoms with Crippen molar-refractivity contribution in [3.05, 3.63) is 28.8 Å². The molecule has 0 N–H and O–H groups in total. The molecular formula is C12H12O6. The minimum absolute atomic E-state index is 0.0718. The van der Waals surface area contributed by atoms with Crippen molar-refractivity contribution in [3.8, 4) is 5.75 Å². The van der Waals surface area contributed by atoms with E-state index in [2.05, 4.69) is 9.47 Å². The highest BCUT2D eigenvalue weighted by Crippen LogP contribution is 2.25. The van der Waals surface area contributed by atoms with Crippen LogP contribution >= 0.6 is 0 Å². The van der Waals surface area contributed by atoms with E-state index in [0.717, 1.165) is 0 Å². The quantitative estimate of drug-likeness (QED) is 0.589. The molecule has 0 unspecified atom stereocenters. The number of hydrogen-bond acceptors (Lipinski definition) is 6. The lowest BCUT2D eigenvalue weighted by atomic mass is 10.0. The third-order valence-electron chi connectivity index (χ3n) is 2.28. The Kier molecular flexibility index (Phi) is 4.42. The summed E-state index contributed by atoms with van der Waals surface area (Å²) in [6.07, 6.45) is 0.538. The van der Waals surface area contributed by atoms with Gasteiger partial charge in [0.2, 0.25) is 0 Å². The van der Waals surface area contributed by atoms with Gasteiger partial charge in [-0.25, -0.2) is 9.59 Å². The number of ether oxygens (including phenoxy) is 3. The Morgan fingerprint density at radius 1 is 1.06 bits per heavy atom. The van der Waals surface area contributed by atoms with Crippen LogP contribution in [-0.4, -0.2) is 39.6 Å². The molecule has 6 heteroatoms. The van der Waals surface area contributed by atoms with Gasteiger partial charge in [0.25, 0.3) is 0 Å². The Hall–Kier alpha value is -2.37. The van der Waals surface area contributed by atoms with Gasteiger partial charge in [0.05, 0.1) is 26.9 Å². The van der Waals surface area contributed by atoms with Crippen LogP contribution in [0.1, 0.15) is 31.1 Å². The van der Waals surface area contributed by atoms with Crippen molar-refractivity contribution in [2.45, 2.75) is 0 Å². The van der Waals surface area contributed by atoms with Gasteiger partial charge in [-0.1, -0.05) is 0 Å². The second kappa shape index (κ2) is 5.81. The number of benzene rings is 1. The van der Waals surface area contributed by atoms with Crippen molar-refractivity contribution in [2.24, 2.45) is 0 Å². The SMILES string of the molecule is COC(=O)c1cc(C=O)cc(OC)c1C(=O)OC. The molecule has 0 radical (unpaired) electrons. The average molecular weight is 252 g/mol. The van der Waals surface area contributed by atoms with Gasteiger partial charge in [-0.05, 0) is 12.1 Å². The summed E-state index contributed by atoms with van der Waals surface area (Å²) in [7, 11) is 3.66. The Bertz CT molecular complexity index is 492. The normalized spacial score (nSPS) is 9.50. The molecule has 0 heterocycles. The van der Waals surface area contributed by atoms with Crippen molar-refractivity contribution in [1.29, 1.82) is 0 Å². The van der Waals surface area contributed by atoms with Crippen LogP contribution in [0.3, 0.4) is 0 Å². The van der Waals surface area contributed by atoms with Crippen molar-refractivity contribution >= 4 is 18.2 Å².